The van der Waals surface area contributed by atoms with Gasteiger partial charge in [-0.2, -0.15) is 4.31 Å². The van der Waals surface area contributed by atoms with Crippen LogP contribution in [0.25, 0.3) is 0 Å². The molecule has 1 aromatic carbocycles. The number of carbonyl (C=O) groups is 1. The molecule has 0 spiro atoms. The van der Waals surface area contributed by atoms with Gasteiger partial charge in [-0.15, -0.1) is 0 Å². The van der Waals surface area contributed by atoms with Crippen LogP contribution in [-0.2, 0) is 14.8 Å². The Kier molecular flexibility index (Phi) is 5.69. The molecule has 26 heavy (non-hydrogen) atoms. The maximum absolute atomic E-state index is 12.9. The largest absolute Gasteiger partial charge is 0.393 e. The number of sulfonamides is 1. The van der Waals surface area contributed by atoms with Crippen LogP contribution in [0.2, 0.25) is 0 Å². The van der Waals surface area contributed by atoms with E-state index in [2.05, 4.69) is 0 Å². The fourth-order valence-electron chi connectivity index (χ4n) is 3.92. The number of carbonyl (C=O) groups excluding carboxylic acids is 1. The Labute approximate surface area is 155 Å². The van der Waals surface area contributed by atoms with Crippen molar-refractivity contribution in [2.24, 2.45) is 5.92 Å². The summed E-state index contributed by atoms with van der Waals surface area (Å²) < 4.78 is 27.4. The maximum atomic E-state index is 12.9. The van der Waals surface area contributed by atoms with Gasteiger partial charge in [0.1, 0.15) is 0 Å². The van der Waals surface area contributed by atoms with Crippen molar-refractivity contribution in [2.75, 3.05) is 26.2 Å². The molecule has 6 nitrogen and oxygen atoms in total. The van der Waals surface area contributed by atoms with Crippen LogP contribution in [0, 0.1) is 19.8 Å². The molecule has 0 bridgehead atoms. The number of likely N-dealkylation sites (tertiary alicyclic amines) is 1. The summed E-state index contributed by atoms with van der Waals surface area (Å²) in [5.41, 5.74) is 1.80. The number of hydrogen-bond acceptors (Lipinski definition) is 4. The molecule has 3 rings (SSSR count). The van der Waals surface area contributed by atoms with Crippen LogP contribution in [-0.4, -0.2) is 60.9 Å². The Bertz CT molecular complexity index is 762. The van der Waals surface area contributed by atoms with Gasteiger partial charge in [-0.3, -0.25) is 4.79 Å². The molecule has 2 aliphatic heterocycles. The van der Waals surface area contributed by atoms with Crippen LogP contribution in [0.3, 0.4) is 0 Å². The summed E-state index contributed by atoms with van der Waals surface area (Å²) in [4.78, 5) is 14.8. The first-order valence-electron chi connectivity index (χ1n) is 9.33. The molecule has 2 heterocycles. The summed E-state index contributed by atoms with van der Waals surface area (Å²) >= 11 is 0. The molecule has 2 aliphatic rings. The normalized spacial score (nSPS) is 21.1. The lowest BCUT2D eigenvalue weighted by Crippen LogP contribution is -2.47. The smallest absolute Gasteiger partial charge is 0.243 e. The van der Waals surface area contributed by atoms with Crippen molar-refractivity contribution in [1.82, 2.24) is 9.21 Å². The molecular weight excluding hydrogens is 352 g/mol. The van der Waals surface area contributed by atoms with Crippen LogP contribution in [0.5, 0.6) is 0 Å². The van der Waals surface area contributed by atoms with Gasteiger partial charge in [0.15, 0.2) is 0 Å². The minimum atomic E-state index is -3.52. The monoisotopic (exact) mass is 380 g/mol. The molecule has 2 fully saturated rings. The molecule has 0 unspecified atom stereocenters. The Hall–Kier alpha value is -1.44. The average Bonchev–Trinajstić information content (AvgIpc) is 2.61. The number of benzene rings is 1. The molecule has 0 aliphatic carbocycles. The van der Waals surface area contributed by atoms with Gasteiger partial charge >= 0.3 is 0 Å². The van der Waals surface area contributed by atoms with Crippen LogP contribution in [0.15, 0.2) is 23.1 Å². The highest BCUT2D eigenvalue weighted by molar-refractivity contribution is 7.89. The summed E-state index contributed by atoms with van der Waals surface area (Å²) in [6, 6.07) is 5.38. The van der Waals surface area contributed by atoms with Gasteiger partial charge < -0.3 is 10.0 Å². The van der Waals surface area contributed by atoms with E-state index in [0.29, 0.717) is 56.8 Å². The van der Waals surface area contributed by atoms with Crippen molar-refractivity contribution in [3.8, 4) is 0 Å². The van der Waals surface area contributed by atoms with Crippen LogP contribution in [0.1, 0.15) is 36.8 Å². The quantitative estimate of drug-likeness (QED) is 0.866. The first kappa shape index (κ1) is 19.3. The second-order valence-corrected chi connectivity index (χ2v) is 9.41. The number of aliphatic hydroxyl groups is 1. The van der Waals surface area contributed by atoms with E-state index in [0.717, 1.165) is 11.1 Å². The number of hydrogen-bond donors (Lipinski definition) is 1. The molecule has 0 aromatic heterocycles. The van der Waals surface area contributed by atoms with Crippen molar-refractivity contribution in [1.29, 1.82) is 0 Å². The molecule has 0 saturated carbocycles. The first-order valence-corrected chi connectivity index (χ1v) is 10.8. The predicted octanol–water partition coefficient (Wildman–Crippen LogP) is 1.69. The van der Waals surface area contributed by atoms with Gasteiger partial charge in [-0.1, -0.05) is 17.7 Å². The Balaban J connectivity index is 1.63. The van der Waals surface area contributed by atoms with Crippen LogP contribution >= 0.6 is 0 Å². The van der Waals surface area contributed by atoms with Crippen molar-refractivity contribution in [3.63, 3.8) is 0 Å². The van der Waals surface area contributed by atoms with Crippen LogP contribution < -0.4 is 0 Å². The Morgan fingerprint density at radius 1 is 1.04 bits per heavy atom. The minimum absolute atomic E-state index is 0.112. The van der Waals surface area contributed by atoms with Gasteiger partial charge in [0.2, 0.25) is 15.9 Å². The van der Waals surface area contributed by atoms with Crippen LogP contribution in [0.4, 0.5) is 0 Å². The second kappa shape index (κ2) is 7.66. The lowest BCUT2D eigenvalue weighted by atomic mass is 9.95. The van der Waals surface area contributed by atoms with E-state index in [-0.39, 0.29) is 17.9 Å². The molecule has 0 atom stereocenters. The molecule has 1 N–H and O–H groups in total. The zero-order valence-electron chi connectivity index (χ0n) is 15.5. The van der Waals surface area contributed by atoms with E-state index in [1.807, 2.05) is 30.9 Å². The molecule has 1 aromatic rings. The summed E-state index contributed by atoms with van der Waals surface area (Å²) in [5, 5.41) is 9.58. The molecule has 2 saturated heterocycles. The minimum Gasteiger partial charge on any atom is -0.393 e. The molecule has 0 radical (unpaired) electrons. The summed E-state index contributed by atoms with van der Waals surface area (Å²) in [7, 11) is -3.52. The maximum Gasteiger partial charge on any atom is 0.243 e. The van der Waals surface area contributed by atoms with Gasteiger partial charge in [-0.25, -0.2) is 8.42 Å². The molecular formula is C19H28N2O4S. The topological polar surface area (TPSA) is 77.9 Å². The third-order valence-electron chi connectivity index (χ3n) is 5.53. The van der Waals surface area contributed by atoms with E-state index in [1.165, 1.54) is 4.31 Å². The average molecular weight is 381 g/mol. The number of nitrogens with zero attached hydrogens (tertiary/aromatic N) is 2. The zero-order valence-corrected chi connectivity index (χ0v) is 16.3. The van der Waals surface area contributed by atoms with Gasteiger partial charge in [0.25, 0.3) is 0 Å². The van der Waals surface area contributed by atoms with E-state index in [9.17, 15) is 18.3 Å². The van der Waals surface area contributed by atoms with Crippen molar-refractivity contribution in [2.45, 2.75) is 50.5 Å². The fraction of sp³-hybridized carbons (Fsp3) is 0.632. The highest BCUT2D eigenvalue weighted by Gasteiger charge is 2.35. The highest BCUT2D eigenvalue weighted by Crippen LogP contribution is 2.27. The fourth-order valence-corrected chi connectivity index (χ4v) is 5.59. The van der Waals surface area contributed by atoms with Crippen molar-refractivity contribution < 1.29 is 18.3 Å². The van der Waals surface area contributed by atoms with E-state index in [4.69, 9.17) is 0 Å². The SMILES string of the molecule is Cc1ccc(S(=O)(=O)N2CCC(C(=O)N3CCC(O)CC3)CC2)c(C)c1. The van der Waals surface area contributed by atoms with E-state index >= 15 is 0 Å². The van der Waals surface area contributed by atoms with Crippen molar-refractivity contribution >= 4 is 15.9 Å². The summed E-state index contributed by atoms with van der Waals surface area (Å²) in [5.74, 6) is -0.00345. The van der Waals surface area contributed by atoms with Gasteiger partial charge in [0.05, 0.1) is 11.0 Å². The summed E-state index contributed by atoms with van der Waals surface area (Å²) in [6.07, 6.45) is 2.07. The highest BCUT2D eigenvalue weighted by atomic mass is 32.2. The number of piperidine rings is 2. The Morgan fingerprint density at radius 2 is 1.65 bits per heavy atom. The third-order valence-corrected chi connectivity index (χ3v) is 7.59. The third kappa shape index (κ3) is 3.94. The van der Waals surface area contributed by atoms with Crippen molar-refractivity contribution in [3.05, 3.63) is 29.3 Å². The first-order chi connectivity index (χ1) is 12.3. The zero-order chi connectivity index (χ0) is 18.9. The van der Waals surface area contributed by atoms with Gasteiger partial charge in [-0.05, 0) is 51.2 Å². The molecule has 7 heteroatoms. The summed E-state index contributed by atoms with van der Waals surface area (Å²) in [6.45, 7) is 5.72. The van der Waals surface area contributed by atoms with E-state index < -0.39 is 10.0 Å². The number of aliphatic hydroxyl groups excluding tert-OH is 1. The van der Waals surface area contributed by atoms with Gasteiger partial charge in [0, 0.05) is 32.1 Å². The molecule has 144 valence electrons. The predicted molar refractivity (Wildman–Crippen MR) is 99.2 cm³/mol. The molecule has 1 amide bonds. The Morgan fingerprint density at radius 3 is 2.23 bits per heavy atom. The standard InChI is InChI=1S/C19H28N2O4S/c1-14-3-4-18(15(2)13-14)26(24,25)21-11-5-16(6-12-21)19(23)20-9-7-17(22)8-10-20/h3-4,13,16-17,22H,5-12H2,1-2H3. The number of aryl methyl sites for hydroxylation is 2. The number of rotatable bonds is 3. The van der Waals surface area contributed by atoms with E-state index in [1.54, 1.807) is 6.07 Å². The lowest BCUT2D eigenvalue weighted by Gasteiger charge is -2.36. The lowest BCUT2D eigenvalue weighted by molar-refractivity contribution is -0.138. The second-order valence-electron chi connectivity index (χ2n) is 7.50. The number of amides is 1.